The van der Waals surface area contributed by atoms with Gasteiger partial charge in [0.1, 0.15) is 5.75 Å². The number of benzene rings is 2. The van der Waals surface area contributed by atoms with Crippen molar-refractivity contribution >= 4 is 10.9 Å². The molecule has 0 fully saturated rings. The molecule has 1 heterocycles. The Kier molecular flexibility index (Phi) is 4.67. The van der Waals surface area contributed by atoms with E-state index in [2.05, 4.69) is 24.5 Å². The Balaban J connectivity index is 2.25. The van der Waals surface area contributed by atoms with Gasteiger partial charge >= 0.3 is 0 Å². The molecule has 0 spiro atoms. The van der Waals surface area contributed by atoms with Crippen LogP contribution in [-0.2, 0) is 7.05 Å². The van der Waals surface area contributed by atoms with Gasteiger partial charge < -0.3 is 9.30 Å². The average Bonchev–Trinajstić information content (AvgIpc) is 2.58. The second-order valence-corrected chi connectivity index (χ2v) is 7.07. The molecule has 0 N–H and O–H groups in total. The van der Waals surface area contributed by atoms with Crippen LogP contribution in [0.25, 0.3) is 22.2 Å². The van der Waals surface area contributed by atoms with Crippen LogP contribution < -0.4 is 10.2 Å². The predicted molar refractivity (Wildman–Crippen MR) is 104 cm³/mol. The minimum atomic E-state index is 0.0406. The van der Waals surface area contributed by atoms with E-state index in [-0.39, 0.29) is 5.43 Å². The van der Waals surface area contributed by atoms with Crippen LogP contribution in [0.2, 0.25) is 0 Å². The van der Waals surface area contributed by atoms with Crippen LogP contribution in [-0.4, -0.2) is 11.2 Å². The summed E-state index contributed by atoms with van der Waals surface area (Å²) in [6, 6.07) is 13.8. The SMILES string of the molecule is Cc1cc2c(c(C)c1OCC(C)C)c(=O)cc(-c1ccccc1)n2C. The van der Waals surface area contributed by atoms with E-state index < -0.39 is 0 Å². The van der Waals surface area contributed by atoms with Crippen molar-refractivity contribution in [1.82, 2.24) is 4.57 Å². The van der Waals surface area contributed by atoms with Crippen molar-refractivity contribution < 1.29 is 4.74 Å². The highest BCUT2D eigenvalue weighted by Crippen LogP contribution is 2.31. The number of aromatic nitrogens is 1. The summed E-state index contributed by atoms with van der Waals surface area (Å²) in [5.41, 5.74) is 4.94. The van der Waals surface area contributed by atoms with E-state index in [1.54, 1.807) is 6.07 Å². The molecule has 0 amide bonds. The third-order valence-electron chi connectivity index (χ3n) is 4.55. The molecule has 0 aliphatic heterocycles. The maximum absolute atomic E-state index is 12.9. The van der Waals surface area contributed by atoms with E-state index in [1.165, 1.54) is 0 Å². The Morgan fingerprint density at radius 2 is 1.76 bits per heavy atom. The van der Waals surface area contributed by atoms with Crippen LogP contribution in [0.15, 0.2) is 47.3 Å². The van der Waals surface area contributed by atoms with Crippen molar-refractivity contribution in [3.05, 3.63) is 63.8 Å². The fourth-order valence-electron chi connectivity index (χ4n) is 3.30. The lowest BCUT2D eigenvalue weighted by atomic mass is 10.0. The van der Waals surface area contributed by atoms with Gasteiger partial charge in [0.2, 0.25) is 0 Å². The first kappa shape index (κ1) is 17.3. The predicted octanol–water partition coefficient (Wildman–Crippen LogP) is 4.86. The Morgan fingerprint density at radius 3 is 2.40 bits per heavy atom. The minimum Gasteiger partial charge on any atom is -0.493 e. The van der Waals surface area contributed by atoms with Crippen LogP contribution in [0.5, 0.6) is 5.75 Å². The molecule has 3 rings (SSSR count). The van der Waals surface area contributed by atoms with Gasteiger partial charge in [-0.1, -0.05) is 44.2 Å². The number of hydrogen-bond acceptors (Lipinski definition) is 2. The molecule has 3 aromatic rings. The first-order chi connectivity index (χ1) is 11.9. The van der Waals surface area contributed by atoms with Crippen molar-refractivity contribution in [2.75, 3.05) is 6.61 Å². The molecule has 0 radical (unpaired) electrons. The van der Waals surface area contributed by atoms with Crippen molar-refractivity contribution in [2.24, 2.45) is 13.0 Å². The average molecular weight is 335 g/mol. The zero-order chi connectivity index (χ0) is 18.1. The summed E-state index contributed by atoms with van der Waals surface area (Å²) in [5.74, 6) is 1.28. The number of fused-ring (bicyclic) bond motifs is 1. The van der Waals surface area contributed by atoms with E-state index in [1.807, 2.05) is 51.2 Å². The topological polar surface area (TPSA) is 31.2 Å². The van der Waals surface area contributed by atoms with Crippen molar-refractivity contribution in [1.29, 1.82) is 0 Å². The quantitative estimate of drug-likeness (QED) is 0.682. The van der Waals surface area contributed by atoms with Gasteiger partial charge in [0.15, 0.2) is 5.43 Å². The maximum atomic E-state index is 12.9. The highest BCUT2D eigenvalue weighted by molar-refractivity contribution is 5.88. The molecule has 25 heavy (non-hydrogen) atoms. The number of aryl methyl sites for hydroxylation is 3. The van der Waals surface area contributed by atoms with E-state index in [9.17, 15) is 4.79 Å². The van der Waals surface area contributed by atoms with Gasteiger partial charge in [-0.2, -0.15) is 0 Å². The Hall–Kier alpha value is -2.55. The normalized spacial score (nSPS) is 11.3. The molecular formula is C22H25NO2. The van der Waals surface area contributed by atoms with E-state index in [0.29, 0.717) is 12.5 Å². The molecule has 1 aromatic heterocycles. The van der Waals surface area contributed by atoms with E-state index in [0.717, 1.165) is 39.0 Å². The Morgan fingerprint density at radius 1 is 1.08 bits per heavy atom. The second-order valence-electron chi connectivity index (χ2n) is 7.07. The van der Waals surface area contributed by atoms with Gasteiger partial charge in [-0.25, -0.2) is 0 Å². The Labute approximate surface area is 148 Å². The number of pyridine rings is 1. The molecule has 0 atom stereocenters. The first-order valence-electron chi connectivity index (χ1n) is 8.72. The van der Waals surface area contributed by atoms with Gasteiger partial charge in [0.25, 0.3) is 0 Å². The third-order valence-corrected chi connectivity index (χ3v) is 4.55. The number of nitrogens with zero attached hydrogens (tertiary/aromatic N) is 1. The highest BCUT2D eigenvalue weighted by Gasteiger charge is 2.16. The number of hydrogen-bond donors (Lipinski definition) is 0. The summed E-state index contributed by atoms with van der Waals surface area (Å²) in [6.45, 7) is 8.92. The zero-order valence-electron chi connectivity index (χ0n) is 15.6. The van der Waals surface area contributed by atoms with Gasteiger partial charge in [-0.15, -0.1) is 0 Å². The summed E-state index contributed by atoms with van der Waals surface area (Å²) in [5, 5.41) is 0.742. The summed E-state index contributed by atoms with van der Waals surface area (Å²) >= 11 is 0. The van der Waals surface area contributed by atoms with Crippen LogP contribution in [0.3, 0.4) is 0 Å². The first-order valence-corrected chi connectivity index (χ1v) is 8.72. The third kappa shape index (κ3) is 3.19. The zero-order valence-corrected chi connectivity index (χ0v) is 15.6. The smallest absolute Gasteiger partial charge is 0.190 e. The molecule has 0 aliphatic rings. The molecule has 0 bridgehead atoms. The molecule has 130 valence electrons. The van der Waals surface area contributed by atoms with Crippen LogP contribution in [0.1, 0.15) is 25.0 Å². The monoisotopic (exact) mass is 335 g/mol. The van der Waals surface area contributed by atoms with Gasteiger partial charge in [0.05, 0.1) is 23.2 Å². The standard InChI is InChI=1S/C22H25NO2/c1-14(2)13-25-22-15(3)11-19-21(16(22)4)20(24)12-18(23(19)5)17-9-7-6-8-10-17/h6-12,14H,13H2,1-5H3. The van der Waals surface area contributed by atoms with Crippen molar-refractivity contribution in [3.8, 4) is 17.0 Å². The highest BCUT2D eigenvalue weighted by atomic mass is 16.5. The lowest BCUT2D eigenvalue weighted by molar-refractivity contribution is 0.268. The van der Waals surface area contributed by atoms with Gasteiger partial charge in [-0.3, -0.25) is 4.79 Å². The van der Waals surface area contributed by atoms with Crippen LogP contribution in [0, 0.1) is 19.8 Å². The summed E-state index contributed by atoms with van der Waals surface area (Å²) in [4.78, 5) is 12.9. The lowest BCUT2D eigenvalue weighted by Crippen LogP contribution is -2.13. The summed E-state index contributed by atoms with van der Waals surface area (Å²) in [6.07, 6.45) is 0. The number of ether oxygens (including phenoxy) is 1. The molecule has 3 heteroatoms. The molecule has 0 aliphatic carbocycles. The molecule has 3 nitrogen and oxygen atoms in total. The van der Waals surface area contributed by atoms with E-state index >= 15 is 0 Å². The summed E-state index contributed by atoms with van der Waals surface area (Å²) in [7, 11) is 2.01. The second kappa shape index (κ2) is 6.75. The fourth-order valence-corrected chi connectivity index (χ4v) is 3.30. The van der Waals surface area contributed by atoms with Gasteiger partial charge in [-0.05, 0) is 37.0 Å². The van der Waals surface area contributed by atoms with Crippen LogP contribution >= 0.6 is 0 Å². The van der Waals surface area contributed by atoms with Crippen molar-refractivity contribution in [3.63, 3.8) is 0 Å². The Bertz CT molecular complexity index is 969. The molecule has 0 saturated heterocycles. The molecule has 0 saturated carbocycles. The van der Waals surface area contributed by atoms with Crippen LogP contribution in [0.4, 0.5) is 0 Å². The molecule has 2 aromatic carbocycles. The minimum absolute atomic E-state index is 0.0406. The fraction of sp³-hybridized carbons (Fsp3) is 0.318. The summed E-state index contributed by atoms with van der Waals surface area (Å²) < 4.78 is 8.09. The van der Waals surface area contributed by atoms with E-state index in [4.69, 9.17) is 4.74 Å². The number of rotatable bonds is 4. The lowest BCUT2D eigenvalue weighted by Gasteiger charge is -2.19. The molecule has 0 unspecified atom stereocenters. The maximum Gasteiger partial charge on any atom is 0.190 e. The van der Waals surface area contributed by atoms with Crippen molar-refractivity contribution in [2.45, 2.75) is 27.7 Å². The van der Waals surface area contributed by atoms with Gasteiger partial charge in [0, 0.05) is 18.7 Å². The molecular weight excluding hydrogens is 310 g/mol. The largest absolute Gasteiger partial charge is 0.493 e.